The molecule has 0 bridgehead atoms. The number of carboxylic acids is 1. The number of hydrogen-bond acceptors (Lipinski definition) is 3. The Balaban J connectivity index is 2.87. The lowest BCUT2D eigenvalue weighted by atomic mass is 10.1. The second-order valence-electron chi connectivity index (χ2n) is 4.06. The minimum Gasteiger partial charge on any atom is -0.478 e. The highest BCUT2D eigenvalue weighted by Crippen LogP contribution is 2.22. The van der Waals surface area contributed by atoms with Crippen LogP contribution in [0.4, 0.5) is 5.69 Å². The van der Waals surface area contributed by atoms with Crippen LogP contribution in [0.2, 0.25) is 0 Å². The first-order chi connectivity index (χ1) is 8.07. The summed E-state index contributed by atoms with van der Waals surface area (Å²) in [5, 5.41) is 9.14. The van der Waals surface area contributed by atoms with Crippen LogP contribution in [-0.4, -0.2) is 36.2 Å². The average molecular weight is 253 g/mol. The Kier molecular flexibility index (Phi) is 5.35. The number of benzene rings is 1. The molecule has 1 N–H and O–H groups in total. The standard InChI is InChI=1S/C13H19NO2S/c1-10(8-9-17-3)14(2)12-7-5-4-6-11(12)13(15)16/h4-7,10H,8-9H2,1-3H3,(H,15,16). The highest BCUT2D eigenvalue weighted by molar-refractivity contribution is 7.98. The van der Waals surface area contributed by atoms with Gasteiger partial charge in [0.25, 0.3) is 0 Å². The highest BCUT2D eigenvalue weighted by Gasteiger charge is 2.16. The molecule has 4 heteroatoms. The Labute approximate surface area is 107 Å². The van der Waals surface area contributed by atoms with Crippen molar-refractivity contribution >= 4 is 23.4 Å². The van der Waals surface area contributed by atoms with E-state index in [2.05, 4.69) is 13.2 Å². The van der Waals surface area contributed by atoms with Gasteiger partial charge in [-0.1, -0.05) is 12.1 Å². The summed E-state index contributed by atoms with van der Waals surface area (Å²) < 4.78 is 0. The van der Waals surface area contributed by atoms with Gasteiger partial charge in [0.1, 0.15) is 0 Å². The van der Waals surface area contributed by atoms with Crippen LogP contribution in [0.5, 0.6) is 0 Å². The lowest BCUT2D eigenvalue weighted by Crippen LogP contribution is -2.30. The van der Waals surface area contributed by atoms with Gasteiger partial charge in [-0.25, -0.2) is 4.79 Å². The third-order valence-electron chi connectivity index (χ3n) is 2.92. The summed E-state index contributed by atoms with van der Waals surface area (Å²) in [6, 6.07) is 7.48. The molecule has 0 aromatic heterocycles. The zero-order chi connectivity index (χ0) is 12.8. The van der Waals surface area contributed by atoms with Crippen LogP contribution in [0.25, 0.3) is 0 Å². The molecule has 1 unspecified atom stereocenters. The number of nitrogens with zero attached hydrogens (tertiary/aromatic N) is 1. The molecule has 0 radical (unpaired) electrons. The van der Waals surface area contributed by atoms with Crippen molar-refractivity contribution in [2.45, 2.75) is 19.4 Å². The minimum absolute atomic E-state index is 0.336. The number of thioether (sulfide) groups is 1. The number of aromatic carboxylic acids is 1. The monoisotopic (exact) mass is 253 g/mol. The number of anilines is 1. The fourth-order valence-corrected chi connectivity index (χ4v) is 2.26. The van der Waals surface area contributed by atoms with Gasteiger partial charge in [0.2, 0.25) is 0 Å². The van der Waals surface area contributed by atoms with E-state index in [0.29, 0.717) is 11.6 Å². The molecular weight excluding hydrogens is 234 g/mol. The molecule has 1 rings (SSSR count). The first kappa shape index (κ1) is 13.9. The van der Waals surface area contributed by atoms with Crippen molar-refractivity contribution in [3.05, 3.63) is 29.8 Å². The molecule has 0 aliphatic heterocycles. The van der Waals surface area contributed by atoms with E-state index in [1.807, 2.05) is 35.8 Å². The van der Waals surface area contributed by atoms with E-state index in [1.54, 1.807) is 12.1 Å². The number of hydrogen-bond donors (Lipinski definition) is 1. The Morgan fingerprint density at radius 3 is 2.71 bits per heavy atom. The van der Waals surface area contributed by atoms with Crippen LogP contribution in [0.1, 0.15) is 23.7 Å². The van der Waals surface area contributed by atoms with Crippen LogP contribution in [0.15, 0.2) is 24.3 Å². The summed E-state index contributed by atoms with van der Waals surface area (Å²) in [4.78, 5) is 13.2. The van der Waals surface area contributed by atoms with E-state index < -0.39 is 5.97 Å². The summed E-state index contributed by atoms with van der Waals surface area (Å²) in [6.45, 7) is 2.12. The molecule has 0 amide bonds. The second-order valence-corrected chi connectivity index (χ2v) is 5.05. The molecule has 0 aliphatic carbocycles. The van der Waals surface area contributed by atoms with Gasteiger partial charge in [-0.3, -0.25) is 0 Å². The lowest BCUT2D eigenvalue weighted by Gasteiger charge is -2.28. The molecule has 0 saturated carbocycles. The molecule has 17 heavy (non-hydrogen) atoms. The largest absolute Gasteiger partial charge is 0.478 e. The van der Waals surface area contributed by atoms with Gasteiger partial charge in [-0.2, -0.15) is 11.8 Å². The van der Waals surface area contributed by atoms with Crippen LogP contribution < -0.4 is 4.90 Å². The topological polar surface area (TPSA) is 40.5 Å². The van der Waals surface area contributed by atoms with Crippen molar-refractivity contribution in [2.24, 2.45) is 0 Å². The van der Waals surface area contributed by atoms with Crippen LogP contribution in [0.3, 0.4) is 0 Å². The predicted molar refractivity (Wildman–Crippen MR) is 74.3 cm³/mol. The zero-order valence-corrected chi connectivity index (χ0v) is 11.3. The van der Waals surface area contributed by atoms with Crippen LogP contribution in [0, 0.1) is 0 Å². The van der Waals surface area contributed by atoms with Gasteiger partial charge in [0, 0.05) is 13.1 Å². The van der Waals surface area contributed by atoms with Gasteiger partial charge in [0.05, 0.1) is 11.3 Å². The van der Waals surface area contributed by atoms with E-state index >= 15 is 0 Å². The lowest BCUT2D eigenvalue weighted by molar-refractivity contribution is 0.0697. The van der Waals surface area contributed by atoms with Gasteiger partial charge in [0.15, 0.2) is 0 Å². The Morgan fingerprint density at radius 2 is 2.12 bits per heavy atom. The maximum atomic E-state index is 11.1. The quantitative estimate of drug-likeness (QED) is 0.846. The first-order valence-electron chi connectivity index (χ1n) is 5.62. The van der Waals surface area contributed by atoms with E-state index in [0.717, 1.165) is 17.9 Å². The summed E-state index contributed by atoms with van der Waals surface area (Å²) in [5.41, 5.74) is 1.15. The summed E-state index contributed by atoms with van der Waals surface area (Å²) in [5.74, 6) is 0.213. The minimum atomic E-state index is -0.871. The number of para-hydroxylation sites is 1. The second kappa shape index (κ2) is 6.55. The van der Waals surface area contributed by atoms with Crippen molar-refractivity contribution in [3.63, 3.8) is 0 Å². The van der Waals surface area contributed by atoms with E-state index in [1.165, 1.54) is 0 Å². The summed E-state index contributed by atoms with van der Waals surface area (Å²) >= 11 is 1.81. The molecule has 0 spiro atoms. The van der Waals surface area contributed by atoms with Crippen LogP contribution >= 0.6 is 11.8 Å². The molecule has 1 aromatic carbocycles. The molecule has 94 valence electrons. The van der Waals surface area contributed by atoms with Crippen molar-refractivity contribution in [1.82, 2.24) is 0 Å². The van der Waals surface area contributed by atoms with Gasteiger partial charge in [-0.05, 0) is 37.5 Å². The zero-order valence-electron chi connectivity index (χ0n) is 10.5. The van der Waals surface area contributed by atoms with Gasteiger partial charge < -0.3 is 10.0 Å². The smallest absolute Gasteiger partial charge is 0.337 e. The van der Waals surface area contributed by atoms with Crippen LogP contribution in [-0.2, 0) is 0 Å². The van der Waals surface area contributed by atoms with Gasteiger partial charge in [-0.15, -0.1) is 0 Å². The van der Waals surface area contributed by atoms with Crippen molar-refractivity contribution in [1.29, 1.82) is 0 Å². The third kappa shape index (κ3) is 3.66. The van der Waals surface area contributed by atoms with E-state index in [4.69, 9.17) is 5.11 Å². The number of carboxylic acid groups (broad SMARTS) is 1. The van der Waals surface area contributed by atoms with Crippen molar-refractivity contribution < 1.29 is 9.90 Å². The van der Waals surface area contributed by atoms with E-state index in [-0.39, 0.29) is 0 Å². The Morgan fingerprint density at radius 1 is 1.47 bits per heavy atom. The summed E-state index contributed by atoms with van der Waals surface area (Å²) in [6.07, 6.45) is 3.13. The predicted octanol–water partition coefficient (Wildman–Crippen LogP) is 2.96. The Hall–Kier alpha value is -1.16. The molecule has 1 atom stereocenters. The molecule has 0 heterocycles. The third-order valence-corrected chi connectivity index (χ3v) is 3.56. The molecular formula is C13H19NO2S. The van der Waals surface area contributed by atoms with Crippen molar-refractivity contribution in [2.75, 3.05) is 24.0 Å². The molecule has 3 nitrogen and oxygen atoms in total. The van der Waals surface area contributed by atoms with Crippen molar-refractivity contribution in [3.8, 4) is 0 Å². The maximum Gasteiger partial charge on any atom is 0.337 e. The fourth-order valence-electron chi connectivity index (χ4n) is 1.68. The SMILES string of the molecule is CSCCC(C)N(C)c1ccccc1C(=O)O. The molecule has 0 saturated heterocycles. The van der Waals surface area contributed by atoms with E-state index in [9.17, 15) is 4.79 Å². The molecule has 1 aromatic rings. The molecule has 0 aliphatic rings. The number of carbonyl (C=O) groups is 1. The molecule has 0 fully saturated rings. The maximum absolute atomic E-state index is 11.1. The average Bonchev–Trinajstić information content (AvgIpc) is 2.34. The normalized spacial score (nSPS) is 12.2. The fraction of sp³-hybridized carbons (Fsp3) is 0.462. The Bertz CT molecular complexity index is 381. The van der Waals surface area contributed by atoms with Gasteiger partial charge >= 0.3 is 5.97 Å². The number of rotatable bonds is 6. The highest BCUT2D eigenvalue weighted by atomic mass is 32.2. The summed E-state index contributed by atoms with van der Waals surface area (Å²) in [7, 11) is 1.95. The first-order valence-corrected chi connectivity index (χ1v) is 7.01.